The van der Waals surface area contributed by atoms with Crippen molar-refractivity contribution in [3.05, 3.63) is 97.2 Å². The predicted octanol–water partition coefficient (Wildman–Crippen LogP) is 7.10. The Hall–Kier alpha value is -3.91. The zero-order valence-corrected chi connectivity index (χ0v) is 15.6. The molecule has 4 aromatic carbocycles. The Morgan fingerprint density at radius 1 is 0.517 bits per heavy atom. The van der Waals surface area contributed by atoms with Crippen LogP contribution in [-0.2, 0) is 0 Å². The molecule has 0 aliphatic heterocycles. The highest BCUT2D eigenvalue weighted by atomic mass is 14.9. The Morgan fingerprint density at radius 3 is 2.21 bits per heavy atom. The first-order chi connectivity index (χ1) is 14.4. The molecule has 7 rings (SSSR count). The highest BCUT2D eigenvalue weighted by molar-refractivity contribution is 6.25. The molecule has 29 heavy (non-hydrogen) atoms. The Bertz CT molecular complexity index is 1760. The van der Waals surface area contributed by atoms with Gasteiger partial charge in [-0.3, -0.25) is 4.98 Å². The molecule has 0 spiro atoms. The van der Waals surface area contributed by atoms with Crippen LogP contribution in [0.4, 0.5) is 0 Å². The Kier molecular flexibility index (Phi) is 2.77. The fraction of sp³-hybridized carbons (Fsp3) is 0. The Balaban J connectivity index is 1.86. The summed E-state index contributed by atoms with van der Waals surface area (Å²) in [5.74, 6) is 0. The van der Waals surface area contributed by atoms with Crippen LogP contribution in [0.15, 0.2) is 97.2 Å². The van der Waals surface area contributed by atoms with Gasteiger partial charge in [0, 0.05) is 33.1 Å². The standard InChI is InChI=1S/C27H16N2/c1-2-8-19-17(6-1)12-14-24-22(19)16-25-21-13-11-18-7-5-15-28-27(18)26(21)20-9-3-4-10-23(20)29(24)25/h1-16H. The monoisotopic (exact) mass is 368 g/mol. The maximum absolute atomic E-state index is 4.76. The zero-order valence-electron chi connectivity index (χ0n) is 15.6. The molecule has 7 aromatic rings. The van der Waals surface area contributed by atoms with Crippen molar-refractivity contribution >= 4 is 59.8 Å². The van der Waals surface area contributed by atoms with Gasteiger partial charge >= 0.3 is 0 Å². The van der Waals surface area contributed by atoms with Gasteiger partial charge in [-0.2, -0.15) is 0 Å². The maximum Gasteiger partial charge on any atom is 0.0787 e. The van der Waals surface area contributed by atoms with Crippen LogP contribution >= 0.6 is 0 Å². The molecule has 0 fully saturated rings. The van der Waals surface area contributed by atoms with E-state index in [4.69, 9.17) is 4.98 Å². The third kappa shape index (κ3) is 1.88. The fourth-order valence-electron chi connectivity index (χ4n) is 4.93. The number of aromatic nitrogens is 2. The second-order valence-electron chi connectivity index (χ2n) is 7.66. The first kappa shape index (κ1) is 15.1. The Labute approximate surface area is 166 Å². The van der Waals surface area contributed by atoms with E-state index < -0.39 is 0 Å². The van der Waals surface area contributed by atoms with E-state index >= 15 is 0 Å². The lowest BCUT2D eigenvalue weighted by molar-refractivity contribution is 1.35. The lowest BCUT2D eigenvalue weighted by atomic mass is 10.0. The number of hydrogen-bond acceptors (Lipinski definition) is 1. The minimum absolute atomic E-state index is 1.07. The van der Waals surface area contributed by atoms with E-state index in [-0.39, 0.29) is 0 Å². The van der Waals surface area contributed by atoms with Gasteiger partial charge in [0.2, 0.25) is 0 Å². The normalized spacial score (nSPS) is 12.1. The SMILES string of the molecule is c1ccc2c(c1)ccc1c2cc2c3ccc4cccnc4c3c3ccccc3n12. The van der Waals surface area contributed by atoms with Crippen LogP contribution in [0.25, 0.3) is 59.8 Å². The molecule has 3 aromatic heterocycles. The average Bonchev–Trinajstić information content (AvgIpc) is 3.19. The van der Waals surface area contributed by atoms with Gasteiger partial charge in [-0.25, -0.2) is 0 Å². The number of benzene rings is 4. The molecule has 0 aliphatic rings. The van der Waals surface area contributed by atoms with E-state index in [1.807, 2.05) is 12.3 Å². The molecule has 134 valence electrons. The molecule has 0 unspecified atom stereocenters. The van der Waals surface area contributed by atoms with Crippen LogP contribution in [0.5, 0.6) is 0 Å². The van der Waals surface area contributed by atoms with Crippen LogP contribution < -0.4 is 0 Å². The fourth-order valence-corrected chi connectivity index (χ4v) is 4.93. The lowest BCUT2D eigenvalue weighted by Crippen LogP contribution is -1.92. The van der Waals surface area contributed by atoms with Gasteiger partial charge in [0.1, 0.15) is 0 Å². The molecule has 0 saturated carbocycles. The van der Waals surface area contributed by atoms with E-state index in [1.54, 1.807) is 0 Å². The van der Waals surface area contributed by atoms with Gasteiger partial charge in [-0.15, -0.1) is 0 Å². The van der Waals surface area contributed by atoms with Crippen LogP contribution in [-0.4, -0.2) is 9.38 Å². The lowest BCUT2D eigenvalue weighted by Gasteiger charge is -2.12. The summed E-state index contributed by atoms with van der Waals surface area (Å²) in [4.78, 5) is 4.76. The number of hydrogen-bond donors (Lipinski definition) is 0. The molecular weight excluding hydrogens is 352 g/mol. The highest BCUT2D eigenvalue weighted by Gasteiger charge is 2.15. The molecule has 0 aliphatic carbocycles. The molecule has 0 saturated heterocycles. The van der Waals surface area contributed by atoms with Crippen molar-refractivity contribution in [2.45, 2.75) is 0 Å². The first-order valence-corrected chi connectivity index (χ1v) is 9.91. The number of rotatable bonds is 0. The third-order valence-electron chi connectivity index (χ3n) is 6.18. The molecule has 0 radical (unpaired) electrons. The molecule has 0 bridgehead atoms. The van der Waals surface area contributed by atoms with Crippen molar-refractivity contribution < 1.29 is 0 Å². The number of fused-ring (bicyclic) bond motifs is 12. The van der Waals surface area contributed by atoms with Gasteiger partial charge < -0.3 is 4.40 Å². The van der Waals surface area contributed by atoms with E-state index in [0.29, 0.717) is 0 Å². The first-order valence-electron chi connectivity index (χ1n) is 9.91. The molecule has 2 heteroatoms. The number of pyridine rings is 2. The molecule has 2 nitrogen and oxygen atoms in total. The van der Waals surface area contributed by atoms with Crippen LogP contribution in [0.2, 0.25) is 0 Å². The summed E-state index contributed by atoms with van der Waals surface area (Å²) in [5.41, 5.74) is 4.77. The van der Waals surface area contributed by atoms with Gasteiger partial charge in [-0.1, -0.05) is 66.7 Å². The molecule has 0 N–H and O–H groups in total. The van der Waals surface area contributed by atoms with Crippen molar-refractivity contribution in [1.29, 1.82) is 0 Å². The van der Waals surface area contributed by atoms with E-state index in [0.717, 1.165) is 5.52 Å². The second kappa shape index (κ2) is 5.33. The van der Waals surface area contributed by atoms with Crippen molar-refractivity contribution in [3.8, 4) is 0 Å². The minimum Gasteiger partial charge on any atom is -0.309 e. The highest BCUT2D eigenvalue weighted by Crippen LogP contribution is 2.38. The summed E-state index contributed by atoms with van der Waals surface area (Å²) in [6, 6.07) is 32.7. The predicted molar refractivity (Wildman–Crippen MR) is 123 cm³/mol. The van der Waals surface area contributed by atoms with Crippen molar-refractivity contribution in [3.63, 3.8) is 0 Å². The summed E-state index contributed by atoms with van der Waals surface area (Å²) < 4.78 is 2.41. The third-order valence-corrected chi connectivity index (χ3v) is 6.18. The molecular formula is C27H16N2. The maximum atomic E-state index is 4.76. The van der Waals surface area contributed by atoms with Crippen LogP contribution in [0, 0.1) is 0 Å². The smallest absolute Gasteiger partial charge is 0.0787 e. The quantitative estimate of drug-likeness (QED) is 0.261. The Morgan fingerprint density at radius 2 is 1.24 bits per heavy atom. The van der Waals surface area contributed by atoms with Crippen molar-refractivity contribution in [2.24, 2.45) is 0 Å². The number of para-hydroxylation sites is 1. The molecule has 0 amide bonds. The largest absolute Gasteiger partial charge is 0.309 e. The van der Waals surface area contributed by atoms with E-state index in [1.165, 1.54) is 54.3 Å². The summed E-state index contributed by atoms with van der Waals surface area (Å²) in [6.45, 7) is 0. The molecule has 0 atom stereocenters. The van der Waals surface area contributed by atoms with Crippen LogP contribution in [0.1, 0.15) is 0 Å². The van der Waals surface area contributed by atoms with Crippen molar-refractivity contribution in [1.82, 2.24) is 9.38 Å². The summed E-state index contributed by atoms with van der Waals surface area (Å²) in [6.07, 6.45) is 1.89. The van der Waals surface area contributed by atoms with Crippen molar-refractivity contribution in [2.75, 3.05) is 0 Å². The van der Waals surface area contributed by atoms with Gasteiger partial charge in [0.15, 0.2) is 0 Å². The minimum atomic E-state index is 1.07. The van der Waals surface area contributed by atoms with E-state index in [2.05, 4.69) is 89.3 Å². The number of nitrogens with zero attached hydrogens (tertiary/aromatic N) is 2. The van der Waals surface area contributed by atoms with E-state index in [9.17, 15) is 0 Å². The topological polar surface area (TPSA) is 17.3 Å². The van der Waals surface area contributed by atoms with Gasteiger partial charge in [-0.05, 0) is 35.0 Å². The summed E-state index contributed by atoms with van der Waals surface area (Å²) >= 11 is 0. The second-order valence-corrected chi connectivity index (χ2v) is 7.66. The summed E-state index contributed by atoms with van der Waals surface area (Å²) in [7, 11) is 0. The molecule has 3 heterocycles. The van der Waals surface area contributed by atoms with Gasteiger partial charge in [0.05, 0.1) is 22.1 Å². The average molecular weight is 368 g/mol. The summed E-state index contributed by atoms with van der Waals surface area (Å²) in [5, 5.41) is 8.76. The van der Waals surface area contributed by atoms with Crippen LogP contribution in [0.3, 0.4) is 0 Å². The zero-order chi connectivity index (χ0) is 18.9. The van der Waals surface area contributed by atoms with Gasteiger partial charge in [0.25, 0.3) is 0 Å².